The fourth-order valence-corrected chi connectivity index (χ4v) is 6.69. The molecule has 0 radical (unpaired) electrons. The van der Waals surface area contributed by atoms with Crippen LogP contribution in [0.15, 0.2) is 91.0 Å². The first-order valence-electron chi connectivity index (χ1n) is 14.1. The van der Waals surface area contributed by atoms with Gasteiger partial charge in [0.1, 0.15) is 0 Å². The van der Waals surface area contributed by atoms with Crippen LogP contribution in [0.1, 0.15) is 63.5 Å². The number of fused-ring (bicyclic) bond motifs is 4. The lowest BCUT2D eigenvalue weighted by molar-refractivity contribution is 0.414. The maximum atomic E-state index is 2.52. The van der Waals surface area contributed by atoms with Crippen molar-refractivity contribution < 1.29 is 0 Å². The van der Waals surface area contributed by atoms with Crippen LogP contribution in [-0.2, 0) is 5.41 Å². The van der Waals surface area contributed by atoms with Gasteiger partial charge in [-0.05, 0) is 76.6 Å². The fraction of sp³-hybridized carbons (Fsp3) is 0.314. The highest BCUT2D eigenvalue weighted by atomic mass is 15.4. The van der Waals surface area contributed by atoms with Crippen LogP contribution in [0.4, 0.5) is 17.1 Å². The maximum Gasteiger partial charge on any atom is 0.0950 e. The van der Waals surface area contributed by atoms with E-state index in [1.807, 2.05) is 0 Å². The van der Waals surface area contributed by atoms with Gasteiger partial charge >= 0.3 is 0 Å². The zero-order valence-corrected chi connectivity index (χ0v) is 22.5. The molecule has 1 aliphatic carbocycles. The van der Waals surface area contributed by atoms with Crippen molar-refractivity contribution in [2.75, 3.05) is 23.5 Å². The lowest BCUT2D eigenvalue weighted by atomic mass is 9.70. The summed E-state index contributed by atoms with van der Waals surface area (Å²) in [5.41, 5.74) is 12.6. The average Bonchev–Trinajstić information content (AvgIpc) is 3.43. The van der Waals surface area contributed by atoms with Crippen LogP contribution in [0.5, 0.6) is 0 Å². The zero-order valence-electron chi connectivity index (χ0n) is 22.5. The van der Waals surface area contributed by atoms with E-state index in [4.69, 9.17) is 0 Å². The minimum atomic E-state index is 0.137. The van der Waals surface area contributed by atoms with E-state index in [9.17, 15) is 0 Å². The van der Waals surface area contributed by atoms with Crippen LogP contribution in [0.3, 0.4) is 0 Å². The molecule has 0 atom stereocenters. The number of para-hydroxylation sites is 2. The zero-order chi connectivity index (χ0) is 25.4. The predicted molar refractivity (Wildman–Crippen MR) is 159 cm³/mol. The second kappa shape index (κ2) is 9.74. The monoisotopic (exact) mass is 486 g/mol. The Morgan fingerprint density at radius 2 is 1.27 bits per heavy atom. The van der Waals surface area contributed by atoms with E-state index in [-0.39, 0.29) is 5.41 Å². The van der Waals surface area contributed by atoms with Crippen LogP contribution in [-0.4, -0.2) is 13.7 Å². The molecule has 0 amide bonds. The molecule has 0 bridgehead atoms. The summed E-state index contributed by atoms with van der Waals surface area (Å²) in [5, 5.41) is 0. The summed E-state index contributed by atoms with van der Waals surface area (Å²) in [5.74, 6) is 0. The minimum Gasteiger partial charge on any atom is -0.355 e. The van der Waals surface area contributed by atoms with E-state index in [0.29, 0.717) is 0 Å². The Morgan fingerprint density at radius 1 is 0.649 bits per heavy atom. The Kier molecular flexibility index (Phi) is 6.28. The second-order valence-corrected chi connectivity index (χ2v) is 10.9. The van der Waals surface area contributed by atoms with Gasteiger partial charge in [0.05, 0.1) is 18.0 Å². The number of hydrogen-bond acceptors (Lipinski definition) is 2. The van der Waals surface area contributed by atoms with Gasteiger partial charge in [-0.15, -0.1) is 0 Å². The van der Waals surface area contributed by atoms with Crippen molar-refractivity contribution >= 4 is 17.1 Å². The van der Waals surface area contributed by atoms with Gasteiger partial charge in [0.15, 0.2) is 0 Å². The molecule has 2 heteroatoms. The van der Waals surface area contributed by atoms with Crippen LogP contribution in [0.2, 0.25) is 0 Å². The highest BCUT2D eigenvalue weighted by Gasteiger charge is 2.42. The molecular weight excluding hydrogens is 448 g/mol. The Morgan fingerprint density at radius 3 is 2.00 bits per heavy atom. The molecule has 2 nitrogen and oxygen atoms in total. The molecule has 6 rings (SSSR count). The van der Waals surface area contributed by atoms with E-state index >= 15 is 0 Å². The third-order valence-electron chi connectivity index (χ3n) is 8.63. The Balaban J connectivity index is 1.38. The minimum absolute atomic E-state index is 0.137. The average molecular weight is 487 g/mol. The van der Waals surface area contributed by atoms with Gasteiger partial charge in [0, 0.05) is 18.2 Å². The van der Waals surface area contributed by atoms with E-state index in [0.717, 1.165) is 6.67 Å². The van der Waals surface area contributed by atoms with E-state index in [1.165, 1.54) is 77.8 Å². The predicted octanol–water partition coefficient (Wildman–Crippen LogP) is 9.55. The summed E-state index contributed by atoms with van der Waals surface area (Å²) < 4.78 is 0. The first-order valence-corrected chi connectivity index (χ1v) is 14.1. The molecule has 1 heterocycles. The summed E-state index contributed by atoms with van der Waals surface area (Å²) >= 11 is 0. The highest BCUT2D eigenvalue weighted by Crippen LogP contribution is 2.54. The molecule has 37 heavy (non-hydrogen) atoms. The van der Waals surface area contributed by atoms with Crippen molar-refractivity contribution in [3.8, 4) is 22.3 Å². The highest BCUT2D eigenvalue weighted by molar-refractivity contribution is 5.85. The molecule has 0 saturated heterocycles. The SMILES string of the molecule is CCCCC1(CCCC)c2ccccc2-c2ccc(-c3ccc(N4CN(C)c5ccccc54)cc3)cc21. The summed E-state index contributed by atoms with van der Waals surface area (Å²) in [6, 6.07) is 34.3. The third kappa shape index (κ3) is 3.94. The molecule has 188 valence electrons. The van der Waals surface area contributed by atoms with Gasteiger partial charge in [-0.2, -0.15) is 0 Å². The number of unbranched alkanes of at least 4 members (excludes halogenated alkanes) is 2. The molecule has 0 fully saturated rings. The molecule has 0 unspecified atom stereocenters. The normalized spacial score (nSPS) is 15.0. The number of rotatable bonds is 8. The van der Waals surface area contributed by atoms with Crippen molar-refractivity contribution in [2.45, 2.75) is 57.8 Å². The summed E-state index contributed by atoms with van der Waals surface area (Å²) in [6.45, 7) is 5.53. The molecular formula is C35H38N2. The molecule has 1 aliphatic heterocycles. The van der Waals surface area contributed by atoms with Crippen LogP contribution >= 0.6 is 0 Å². The standard InChI is InChI=1S/C35H38N2/c1-4-6-22-35(23-7-5-2)31-13-9-8-12-29(31)30-21-18-27(24-32(30)35)26-16-19-28(20-17-26)37-25-36(3)33-14-10-11-15-34(33)37/h8-21,24H,4-7,22-23,25H2,1-3H3. The molecule has 0 aromatic heterocycles. The Bertz CT molecular complexity index is 1390. The van der Waals surface area contributed by atoms with E-state index < -0.39 is 0 Å². The van der Waals surface area contributed by atoms with Crippen molar-refractivity contribution in [1.29, 1.82) is 0 Å². The summed E-state index contributed by atoms with van der Waals surface area (Å²) in [6.07, 6.45) is 7.47. The van der Waals surface area contributed by atoms with Crippen LogP contribution in [0.25, 0.3) is 22.3 Å². The van der Waals surface area contributed by atoms with Crippen molar-refractivity contribution in [3.63, 3.8) is 0 Å². The number of anilines is 3. The largest absolute Gasteiger partial charge is 0.355 e. The second-order valence-electron chi connectivity index (χ2n) is 10.9. The van der Waals surface area contributed by atoms with E-state index in [1.54, 1.807) is 11.1 Å². The number of hydrogen-bond donors (Lipinski definition) is 0. The van der Waals surface area contributed by atoms with Gasteiger partial charge in [-0.25, -0.2) is 0 Å². The molecule has 2 aliphatic rings. The van der Waals surface area contributed by atoms with Crippen LogP contribution < -0.4 is 9.80 Å². The first-order chi connectivity index (χ1) is 18.2. The lowest BCUT2D eigenvalue weighted by Crippen LogP contribution is -2.25. The van der Waals surface area contributed by atoms with Gasteiger partial charge in [0.2, 0.25) is 0 Å². The van der Waals surface area contributed by atoms with E-state index in [2.05, 4.69) is 122 Å². The summed E-state index contributed by atoms with van der Waals surface area (Å²) in [4.78, 5) is 4.71. The molecule has 0 N–H and O–H groups in total. The van der Waals surface area contributed by atoms with Crippen molar-refractivity contribution in [2.24, 2.45) is 0 Å². The van der Waals surface area contributed by atoms with Gasteiger partial charge < -0.3 is 9.80 Å². The van der Waals surface area contributed by atoms with Gasteiger partial charge in [-0.1, -0.05) is 100 Å². The molecule has 4 aromatic rings. The lowest BCUT2D eigenvalue weighted by Gasteiger charge is -2.33. The Labute approximate surface area is 222 Å². The number of nitrogens with zero attached hydrogens (tertiary/aromatic N) is 2. The van der Waals surface area contributed by atoms with Gasteiger partial charge in [-0.3, -0.25) is 0 Å². The quantitative estimate of drug-likeness (QED) is 0.245. The maximum absolute atomic E-state index is 2.52. The Hall–Kier alpha value is -3.52. The third-order valence-corrected chi connectivity index (χ3v) is 8.63. The van der Waals surface area contributed by atoms with Crippen LogP contribution in [0, 0.1) is 0 Å². The fourth-order valence-electron chi connectivity index (χ4n) is 6.69. The smallest absolute Gasteiger partial charge is 0.0950 e. The van der Waals surface area contributed by atoms with Crippen molar-refractivity contribution in [1.82, 2.24) is 0 Å². The van der Waals surface area contributed by atoms with Gasteiger partial charge in [0.25, 0.3) is 0 Å². The molecule has 0 spiro atoms. The summed E-state index contributed by atoms with van der Waals surface area (Å²) in [7, 11) is 2.17. The number of benzene rings is 4. The van der Waals surface area contributed by atoms with Crippen molar-refractivity contribution in [3.05, 3.63) is 102 Å². The first kappa shape index (κ1) is 23.9. The molecule has 4 aromatic carbocycles. The topological polar surface area (TPSA) is 6.48 Å². The molecule has 0 saturated carbocycles.